The van der Waals surface area contributed by atoms with Crippen molar-refractivity contribution in [1.29, 1.82) is 0 Å². The lowest BCUT2D eigenvalue weighted by atomic mass is 10.0. The van der Waals surface area contributed by atoms with Crippen LogP contribution in [0.15, 0.2) is 16.5 Å². The molecule has 0 saturated carbocycles. The Labute approximate surface area is 121 Å². The van der Waals surface area contributed by atoms with Crippen molar-refractivity contribution in [3.8, 4) is 0 Å². The molecule has 0 radical (unpaired) electrons. The highest BCUT2D eigenvalue weighted by Gasteiger charge is 2.22. The fraction of sp³-hybridized carbons (Fsp3) is 0.615. The number of thioether (sulfide) groups is 1. The third-order valence-electron chi connectivity index (χ3n) is 2.69. The number of furan rings is 1. The van der Waals surface area contributed by atoms with Gasteiger partial charge >= 0.3 is 5.97 Å². The number of halogens is 2. The van der Waals surface area contributed by atoms with Crippen molar-refractivity contribution in [2.24, 2.45) is 5.92 Å². The Morgan fingerprint density at radius 1 is 1.40 bits per heavy atom. The number of ether oxygens (including phenoxy) is 1. The molecule has 4 nitrogen and oxygen atoms in total. The maximum atomic E-state index is 12.1. The van der Waals surface area contributed by atoms with E-state index in [9.17, 15) is 13.6 Å². The van der Waals surface area contributed by atoms with E-state index in [-0.39, 0.29) is 17.6 Å². The number of esters is 1. The van der Waals surface area contributed by atoms with Crippen LogP contribution < -0.4 is 5.32 Å². The van der Waals surface area contributed by atoms with Gasteiger partial charge in [0.15, 0.2) is 0 Å². The normalized spacial score (nSPS) is 12.9. The van der Waals surface area contributed by atoms with Crippen molar-refractivity contribution in [3.63, 3.8) is 0 Å². The largest absolute Gasteiger partial charge is 0.468 e. The number of carbonyl (C=O) groups is 1. The third kappa shape index (κ3) is 5.50. The number of hydrogen-bond donors (Lipinski definition) is 1. The molecule has 1 aromatic rings. The van der Waals surface area contributed by atoms with Crippen LogP contribution in [0.3, 0.4) is 0 Å². The molecule has 0 aliphatic rings. The summed E-state index contributed by atoms with van der Waals surface area (Å²) in [5.74, 6) is -1.45. The van der Waals surface area contributed by atoms with E-state index in [4.69, 9.17) is 9.15 Å². The Hall–Kier alpha value is -1.08. The maximum Gasteiger partial charge on any atom is 0.323 e. The molecule has 0 saturated heterocycles. The predicted octanol–water partition coefficient (Wildman–Crippen LogP) is 3.02. The van der Waals surface area contributed by atoms with Crippen molar-refractivity contribution in [3.05, 3.63) is 23.7 Å². The summed E-state index contributed by atoms with van der Waals surface area (Å²) in [5, 5.41) is 3.04. The molecular weight excluding hydrogens is 288 g/mol. The van der Waals surface area contributed by atoms with Crippen LogP contribution in [-0.2, 0) is 21.8 Å². The minimum Gasteiger partial charge on any atom is -0.468 e. The predicted molar refractivity (Wildman–Crippen MR) is 73.5 cm³/mol. The Bertz CT molecular complexity index is 424. The Morgan fingerprint density at radius 2 is 2.05 bits per heavy atom. The van der Waals surface area contributed by atoms with Gasteiger partial charge in [-0.1, -0.05) is 25.6 Å². The number of nitrogens with one attached hydrogen (secondary N) is 1. The minimum atomic E-state index is -2.41. The quantitative estimate of drug-likeness (QED) is 0.748. The van der Waals surface area contributed by atoms with Gasteiger partial charge in [-0.3, -0.25) is 10.1 Å². The van der Waals surface area contributed by atoms with Gasteiger partial charge in [0.25, 0.3) is 5.76 Å². The molecule has 1 aromatic heterocycles. The van der Waals surface area contributed by atoms with Gasteiger partial charge in [-0.15, -0.1) is 0 Å². The summed E-state index contributed by atoms with van der Waals surface area (Å²) in [7, 11) is 1.34. The number of rotatable bonds is 8. The summed E-state index contributed by atoms with van der Waals surface area (Å²) >= 11 is 0.514. The summed E-state index contributed by atoms with van der Waals surface area (Å²) in [4.78, 5) is 11.6. The second kappa shape index (κ2) is 8.26. The van der Waals surface area contributed by atoms with Crippen LogP contribution in [-0.4, -0.2) is 24.9 Å². The highest BCUT2D eigenvalue weighted by molar-refractivity contribution is 7.98. The Morgan fingerprint density at radius 3 is 2.60 bits per heavy atom. The number of alkyl halides is 2. The molecule has 20 heavy (non-hydrogen) atoms. The minimum absolute atomic E-state index is 0.0753. The lowest BCUT2D eigenvalue weighted by molar-refractivity contribution is -0.144. The highest BCUT2D eigenvalue weighted by Crippen LogP contribution is 2.21. The molecule has 0 aromatic carbocycles. The first-order valence-corrected chi connectivity index (χ1v) is 7.27. The SMILES string of the molecule is COC(=O)C(NCc1ccc(CSC(F)F)o1)C(C)C. The van der Waals surface area contributed by atoms with Gasteiger partial charge in [0, 0.05) is 0 Å². The van der Waals surface area contributed by atoms with Gasteiger partial charge < -0.3 is 9.15 Å². The van der Waals surface area contributed by atoms with E-state index in [0.717, 1.165) is 0 Å². The van der Waals surface area contributed by atoms with E-state index in [0.29, 0.717) is 29.8 Å². The second-order valence-electron chi connectivity index (χ2n) is 4.57. The fourth-order valence-corrected chi connectivity index (χ4v) is 2.11. The molecule has 1 rings (SSSR count). The zero-order valence-corrected chi connectivity index (χ0v) is 12.5. The number of hydrogen-bond acceptors (Lipinski definition) is 5. The summed E-state index contributed by atoms with van der Waals surface area (Å²) in [6, 6.07) is 2.95. The zero-order valence-electron chi connectivity index (χ0n) is 11.7. The Kier molecular flexibility index (Phi) is 7.01. The summed E-state index contributed by atoms with van der Waals surface area (Å²) < 4.78 is 34.2. The van der Waals surface area contributed by atoms with E-state index < -0.39 is 11.8 Å². The molecular formula is C13H19F2NO3S. The van der Waals surface area contributed by atoms with Crippen molar-refractivity contribution < 1.29 is 22.7 Å². The molecule has 1 N–H and O–H groups in total. The van der Waals surface area contributed by atoms with Gasteiger partial charge in [-0.05, 0) is 18.1 Å². The van der Waals surface area contributed by atoms with Gasteiger partial charge in [-0.2, -0.15) is 8.78 Å². The Balaban J connectivity index is 2.50. The fourth-order valence-electron chi connectivity index (χ4n) is 1.67. The summed E-state index contributed by atoms with van der Waals surface area (Å²) in [5.41, 5.74) is 0. The summed E-state index contributed by atoms with van der Waals surface area (Å²) in [6.07, 6.45) is 0. The third-order valence-corrected chi connectivity index (χ3v) is 3.39. The average Bonchev–Trinajstić information content (AvgIpc) is 2.83. The topological polar surface area (TPSA) is 51.5 Å². The summed E-state index contributed by atoms with van der Waals surface area (Å²) in [6.45, 7) is 4.15. The van der Waals surface area contributed by atoms with Crippen LogP contribution in [0, 0.1) is 5.92 Å². The molecule has 1 heterocycles. The number of methoxy groups -OCH3 is 1. The van der Waals surface area contributed by atoms with Crippen molar-refractivity contribution >= 4 is 17.7 Å². The molecule has 1 atom stereocenters. The molecule has 0 amide bonds. The first-order chi connectivity index (χ1) is 9.43. The smallest absolute Gasteiger partial charge is 0.323 e. The van der Waals surface area contributed by atoms with Gasteiger partial charge in [0.1, 0.15) is 17.6 Å². The van der Waals surface area contributed by atoms with E-state index in [2.05, 4.69) is 5.32 Å². The average molecular weight is 307 g/mol. The van der Waals surface area contributed by atoms with Crippen molar-refractivity contribution in [2.45, 2.75) is 37.9 Å². The lowest BCUT2D eigenvalue weighted by Crippen LogP contribution is -2.41. The van der Waals surface area contributed by atoms with Crippen LogP contribution in [0.4, 0.5) is 8.78 Å². The van der Waals surface area contributed by atoms with E-state index in [1.165, 1.54) is 7.11 Å². The maximum absolute atomic E-state index is 12.1. The molecule has 114 valence electrons. The monoisotopic (exact) mass is 307 g/mol. The molecule has 0 fully saturated rings. The zero-order chi connectivity index (χ0) is 15.1. The van der Waals surface area contributed by atoms with Crippen LogP contribution in [0.25, 0.3) is 0 Å². The van der Waals surface area contributed by atoms with Gasteiger partial charge in [0.2, 0.25) is 0 Å². The molecule has 0 aliphatic carbocycles. The van der Waals surface area contributed by atoms with Crippen LogP contribution in [0.2, 0.25) is 0 Å². The van der Waals surface area contributed by atoms with Gasteiger partial charge in [-0.25, -0.2) is 0 Å². The van der Waals surface area contributed by atoms with Crippen LogP contribution >= 0.6 is 11.8 Å². The molecule has 0 spiro atoms. The molecule has 0 bridgehead atoms. The van der Waals surface area contributed by atoms with E-state index in [1.54, 1.807) is 12.1 Å². The van der Waals surface area contributed by atoms with Crippen LogP contribution in [0.5, 0.6) is 0 Å². The lowest BCUT2D eigenvalue weighted by Gasteiger charge is -2.19. The van der Waals surface area contributed by atoms with E-state index >= 15 is 0 Å². The molecule has 1 unspecified atom stereocenters. The van der Waals surface area contributed by atoms with Crippen molar-refractivity contribution in [2.75, 3.05) is 7.11 Å². The van der Waals surface area contributed by atoms with Gasteiger partial charge in [0.05, 0.1) is 19.4 Å². The van der Waals surface area contributed by atoms with Crippen molar-refractivity contribution in [1.82, 2.24) is 5.32 Å². The molecule has 0 aliphatic heterocycles. The first-order valence-electron chi connectivity index (χ1n) is 6.22. The highest BCUT2D eigenvalue weighted by atomic mass is 32.2. The number of carbonyl (C=O) groups excluding carboxylic acids is 1. The first kappa shape index (κ1) is 17.0. The second-order valence-corrected chi connectivity index (χ2v) is 5.54. The standard InChI is InChI=1S/C13H19F2NO3S/c1-8(2)11(12(17)18-3)16-6-9-4-5-10(19-9)7-20-13(14)15/h4-5,8,11,13,16H,6-7H2,1-3H3. The molecule has 7 heteroatoms. The van der Waals surface area contributed by atoms with E-state index in [1.807, 2.05) is 13.8 Å². The van der Waals surface area contributed by atoms with Crippen LogP contribution in [0.1, 0.15) is 25.4 Å².